The number of carbonyl (C=O) groups is 2. The average molecular weight is 371 g/mol. The van der Waals surface area contributed by atoms with Gasteiger partial charge in [-0.15, -0.1) is 0 Å². The summed E-state index contributed by atoms with van der Waals surface area (Å²) >= 11 is 0. The zero-order valence-electron chi connectivity index (χ0n) is 16.9. The van der Waals surface area contributed by atoms with Crippen LogP contribution in [0.2, 0.25) is 0 Å². The van der Waals surface area contributed by atoms with Gasteiger partial charge in [-0.05, 0) is 19.4 Å². The Kier molecular flexibility index (Phi) is 17.9. The predicted octanol–water partition coefficient (Wildman–Crippen LogP) is 4.78. The van der Waals surface area contributed by atoms with Crippen LogP contribution in [0.25, 0.3) is 0 Å². The highest BCUT2D eigenvalue weighted by Crippen LogP contribution is 2.12. The number of unbranched alkanes of at least 4 members (excludes halogenated alkanes) is 13. The van der Waals surface area contributed by atoms with Gasteiger partial charge in [0.2, 0.25) is 5.91 Å². The van der Waals surface area contributed by atoms with Gasteiger partial charge >= 0.3 is 5.97 Å². The van der Waals surface area contributed by atoms with Crippen molar-refractivity contribution in [1.29, 1.82) is 0 Å². The number of aliphatic carboxylic acids is 1. The van der Waals surface area contributed by atoms with Crippen LogP contribution < -0.4 is 11.1 Å². The molecule has 0 unspecified atom stereocenters. The van der Waals surface area contributed by atoms with Crippen molar-refractivity contribution in [2.75, 3.05) is 6.54 Å². The van der Waals surface area contributed by atoms with Gasteiger partial charge in [0, 0.05) is 6.42 Å². The van der Waals surface area contributed by atoms with Crippen molar-refractivity contribution in [2.24, 2.45) is 5.73 Å². The second-order valence-electron chi connectivity index (χ2n) is 7.45. The Balaban J connectivity index is 3.32. The molecule has 0 fully saturated rings. The van der Waals surface area contributed by atoms with Gasteiger partial charge in [0.05, 0.1) is 0 Å². The fourth-order valence-corrected chi connectivity index (χ4v) is 3.20. The summed E-state index contributed by atoms with van der Waals surface area (Å²) in [4.78, 5) is 21.8. The maximum atomic E-state index is 11.1. The number of primary amides is 1. The molecule has 0 saturated carbocycles. The lowest BCUT2D eigenvalue weighted by Crippen LogP contribution is -2.38. The number of rotatable bonds is 20. The highest BCUT2D eigenvalue weighted by molar-refractivity contribution is 5.77. The maximum Gasteiger partial charge on any atom is 0.320 e. The van der Waals surface area contributed by atoms with E-state index >= 15 is 0 Å². The summed E-state index contributed by atoms with van der Waals surface area (Å²) in [5.74, 6) is -1.36. The molecule has 0 radical (unpaired) electrons. The molecule has 5 nitrogen and oxygen atoms in total. The topological polar surface area (TPSA) is 92.4 Å². The third-order valence-electron chi connectivity index (χ3n) is 4.90. The third-order valence-corrected chi connectivity index (χ3v) is 4.90. The average Bonchev–Trinajstić information content (AvgIpc) is 2.60. The molecule has 0 aliphatic carbocycles. The quantitative estimate of drug-likeness (QED) is 0.269. The molecule has 0 rings (SSSR count). The van der Waals surface area contributed by atoms with Gasteiger partial charge < -0.3 is 16.2 Å². The summed E-state index contributed by atoms with van der Waals surface area (Å²) in [6.07, 6.45) is 18.8. The molecule has 0 spiro atoms. The van der Waals surface area contributed by atoms with Crippen LogP contribution in [-0.2, 0) is 9.59 Å². The summed E-state index contributed by atoms with van der Waals surface area (Å²) in [6.45, 7) is 2.95. The van der Waals surface area contributed by atoms with Gasteiger partial charge in [-0.1, -0.05) is 90.4 Å². The predicted molar refractivity (Wildman–Crippen MR) is 108 cm³/mol. The third kappa shape index (κ3) is 17.7. The van der Waals surface area contributed by atoms with Gasteiger partial charge in [-0.2, -0.15) is 0 Å². The number of carboxylic acid groups (broad SMARTS) is 1. The Hall–Kier alpha value is -1.10. The first-order valence-corrected chi connectivity index (χ1v) is 10.8. The molecule has 0 saturated heterocycles. The zero-order valence-corrected chi connectivity index (χ0v) is 16.9. The summed E-state index contributed by atoms with van der Waals surface area (Å²) in [5, 5.41) is 12.1. The normalized spacial score (nSPS) is 12.2. The minimum absolute atomic E-state index is 0.114. The Labute approximate surface area is 160 Å². The Morgan fingerprint density at radius 1 is 0.808 bits per heavy atom. The van der Waals surface area contributed by atoms with E-state index in [4.69, 9.17) is 10.8 Å². The Bertz CT molecular complexity index is 348. The molecule has 1 atom stereocenters. The largest absolute Gasteiger partial charge is 0.480 e. The second kappa shape index (κ2) is 18.7. The Morgan fingerprint density at radius 2 is 1.23 bits per heavy atom. The number of carbonyl (C=O) groups excluding carboxylic acids is 1. The van der Waals surface area contributed by atoms with E-state index in [1.807, 2.05) is 0 Å². The van der Waals surface area contributed by atoms with E-state index < -0.39 is 17.9 Å². The monoisotopic (exact) mass is 370 g/mol. The number of carboxylic acids is 1. The summed E-state index contributed by atoms with van der Waals surface area (Å²) in [5.41, 5.74) is 5.07. The molecule has 0 aromatic heterocycles. The van der Waals surface area contributed by atoms with Crippen LogP contribution in [0.3, 0.4) is 0 Å². The van der Waals surface area contributed by atoms with Crippen LogP contribution in [0.4, 0.5) is 0 Å². The van der Waals surface area contributed by atoms with Gasteiger partial charge in [0.15, 0.2) is 0 Å². The molecule has 0 aliphatic heterocycles. The molecular weight excluding hydrogens is 328 g/mol. The standard InChI is InChI=1S/C21H42N2O3/c1-2-3-4-5-6-7-8-9-10-11-12-13-14-15-18-23-19(21(25)26)16-17-20(22)24/h19,23H,2-18H2,1H3,(H2,22,24)(H,25,26)/t19-/m0/s1. The molecule has 0 aliphatic rings. The fourth-order valence-electron chi connectivity index (χ4n) is 3.20. The first-order chi connectivity index (χ1) is 12.6. The first-order valence-electron chi connectivity index (χ1n) is 10.8. The van der Waals surface area contributed by atoms with E-state index in [9.17, 15) is 9.59 Å². The van der Waals surface area contributed by atoms with Crippen LogP contribution in [0.5, 0.6) is 0 Å². The minimum Gasteiger partial charge on any atom is -0.480 e. The minimum atomic E-state index is -0.906. The van der Waals surface area contributed by atoms with Crippen LogP contribution in [-0.4, -0.2) is 29.6 Å². The van der Waals surface area contributed by atoms with E-state index in [2.05, 4.69) is 12.2 Å². The molecule has 154 valence electrons. The number of amides is 1. The molecule has 0 aromatic rings. The molecular formula is C21H42N2O3. The molecule has 0 heterocycles. The molecule has 0 bridgehead atoms. The highest BCUT2D eigenvalue weighted by Gasteiger charge is 2.16. The number of nitrogens with one attached hydrogen (secondary N) is 1. The van der Waals surface area contributed by atoms with E-state index in [1.54, 1.807) is 0 Å². The maximum absolute atomic E-state index is 11.1. The molecule has 5 heteroatoms. The number of nitrogens with two attached hydrogens (primary N) is 1. The Morgan fingerprint density at radius 3 is 1.62 bits per heavy atom. The van der Waals surface area contributed by atoms with E-state index in [-0.39, 0.29) is 12.8 Å². The molecule has 26 heavy (non-hydrogen) atoms. The van der Waals surface area contributed by atoms with Crippen molar-refractivity contribution in [3.63, 3.8) is 0 Å². The van der Waals surface area contributed by atoms with E-state index in [0.29, 0.717) is 6.54 Å². The number of hydrogen-bond acceptors (Lipinski definition) is 3. The van der Waals surface area contributed by atoms with Crippen LogP contribution in [0, 0.1) is 0 Å². The molecule has 0 aromatic carbocycles. The summed E-state index contributed by atoms with van der Waals surface area (Å²) in [7, 11) is 0. The van der Waals surface area contributed by atoms with Crippen LogP contribution in [0.1, 0.15) is 110 Å². The van der Waals surface area contributed by atoms with Gasteiger partial charge in [0.25, 0.3) is 0 Å². The van der Waals surface area contributed by atoms with E-state index in [1.165, 1.54) is 77.0 Å². The molecule has 1 amide bonds. The van der Waals surface area contributed by atoms with Crippen molar-refractivity contribution in [3.8, 4) is 0 Å². The SMILES string of the molecule is CCCCCCCCCCCCCCCCN[C@@H](CCC(N)=O)C(=O)O. The van der Waals surface area contributed by atoms with Gasteiger partial charge in [-0.3, -0.25) is 9.59 Å². The zero-order chi connectivity index (χ0) is 19.5. The van der Waals surface area contributed by atoms with Gasteiger partial charge in [-0.25, -0.2) is 0 Å². The van der Waals surface area contributed by atoms with Crippen molar-refractivity contribution >= 4 is 11.9 Å². The van der Waals surface area contributed by atoms with Crippen molar-refractivity contribution in [1.82, 2.24) is 5.32 Å². The van der Waals surface area contributed by atoms with Crippen LogP contribution in [0.15, 0.2) is 0 Å². The van der Waals surface area contributed by atoms with Crippen molar-refractivity contribution < 1.29 is 14.7 Å². The summed E-state index contributed by atoms with van der Waals surface area (Å²) in [6, 6.07) is -0.663. The fraction of sp³-hybridized carbons (Fsp3) is 0.905. The van der Waals surface area contributed by atoms with E-state index in [0.717, 1.165) is 12.8 Å². The first kappa shape index (κ1) is 24.9. The van der Waals surface area contributed by atoms with Crippen molar-refractivity contribution in [3.05, 3.63) is 0 Å². The second-order valence-corrected chi connectivity index (χ2v) is 7.45. The smallest absolute Gasteiger partial charge is 0.320 e. The van der Waals surface area contributed by atoms with Crippen molar-refractivity contribution in [2.45, 2.75) is 116 Å². The lowest BCUT2D eigenvalue weighted by molar-refractivity contribution is -0.139. The summed E-state index contributed by atoms with van der Waals surface area (Å²) < 4.78 is 0. The number of hydrogen-bond donors (Lipinski definition) is 3. The highest BCUT2D eigenvalue weighted by atomic mass is 16.4. The molecule has 4 N–H and O–H groups in total. The lowest BCUT2D eigenvalue weighted by Gasteiger charge is -2.13. The van der Waals surface area contributed by atoms with Crippen LogP contribution >= 0.6 is 0 Å². The van der Waals surface area contributed by atoms with Gasteiger partial charge in [0.1, 0.15) is 6.04 Å². The lowest BCUT2D eigenvalue weighted by atomic mass is 10.0.